The van der Waals surface area contributed by atoms with Gasteiger partial charge in [0.15, 0.2) is 17.3 Å². The SMILES string of the molecule is COc1ccc(CCNC(=O)c2oc3ccccc3c2CSC)cc1OC. The molecule has 0 saturated heterocycles. The Kier molecular flexibility index (Phi) is 6.29. The Bertz CT molecular complexity index is 935. The lowest BCUT2D eigenvalue weighted by atomic mass is 10.1. The minimum atomic E-state index is -0.185. The van der Waals surface area contributed by atoms with Gasteiger partial charge >= 0.3 is 0 Å². The van der Waals surface area contributed by atoms with Crippen molar-refractivity contribution in [2.45, 2.75) is 12.2 Å². The fraction of sp³-hybridized carbons (Fsp3) is 0.286. The summed E-state index contributed by atoms with van der Waals surface area (Å²) in [6, 6.07) is 13.5. The van der Waals surface area contributed by atoms with Crippen LogP contribution in [0, 0.1) is 0 Å². The van der Waals surface area contributed by atoms with E-state index in [1.165, 1.54) is 0 Å². The first-order valence-corrected chi connectivity index (χ1v) is 10.1. The first kappa shape index (κ1) is 19.2. The summed E-state index contributed by atoms with van der Waals surface area (Å²) >= 11 is 1.67. The molecule has 0 unspecified atom stereocenters. The van der Waals surface area contributed by atoms with E-state index in [9.17, 15) is 4.79 Å². The second-order valence-corrected chi connectivity index (χ2v) is 6.90. The summed E-state index contributed by atoms with van der Waals surface area (Å²) in [6.07, 6.45) is 2.70. The van der Waals surface area contributed by atoms with Crippen molar-refractivity contribution in [3.63, 3.8) is 0 Å². The van der Waals surface area contributed by atoms with Crippen molar-refractivity contribution < 1.29 is 18.7 Å². The predicted molar refractivity (Wildman–Crippen MR) is 109 cm³/mol. The molecule has 0 bridgehead atoms. The number of benzene rings is 2. The van der Waals surface area contributed by atoms with Crippen LogP contribution < -0.4 is 14.8 Å². The van der Waals surface area contributed by atoms with E-state index < -0.39 is 0 Å². The average molecular weight is 385 g/mol. The first-order valence-electron chi connectivity index (χ1n) is 8.66. The summed E-state index contributed by atoms with van der Waals surface area (Å²) in [5.41, 5.74) is 2.75. The molecule has 1 aromatic heterocycles. The van der Waals surface area contributed by atoms with Crippen LogP contribution in [0.15, 0.2) is 46.9 Å². The van der Waals surface area contributed by atoms with E-state index in [0.29, 0.717) is 30.2 Å². The fourth-order valence-electron chi connectivity index (χ4n) is 3.01. The Morgan fingerprint density at radius 3 is 2.63 bits per heavy atom. The smallest absolute Gasteiger partial charge is 0.287 e. The first-order chi connectivity index (χ1) is 13.2. The van der Waals surface area contributed by atoms with Crippen molar-refractivity contribution >= 4 is 28.6 Å². The quantitative estimate of drug-likeness (QED) is 0.627. The molecule has 1 N–H and O–H groups in total. The minimum Gasteiger partial charge on any atom is -0.493 e. The van der Waals surface area contributed by atoms with Gasteiger partial charge in [0.1, 0.15) is 5.58 Å². The predicted octanol–water partition coefficient (Wildman–Crippen LogP) is 4.29. The molecule has 0 spiro atoms. The van der Waals surface area contributed by atoms with E-state index >= 15 is 0 Å². The van der Waals surface area contributed by atoms with Crippen molar-refractivity contribution in [2.24, 2.45) is 0 Å². The molecular formula is C21H23NO4S. The zero-order chi connectivity index (χ0) is 19.2. The highest BCUT2D eigenvalue weighted by molar-refractivity contribution is 7.97. The maximum absolute atomic E-state index is 12.7. The van der Waals surface area contributed by atoms with Crippen molar-refractivity contribution in [1.29, 1.82) is 0 Å². The molecule has 5 nitrogen and oxygen atoms in total. The number of thioether (sulfide) groups is 1. The van der Waals surface area contributed by atoms with Crippen molar-refractivity contribution in [3.8, 4) is 11.5 Å². The highest BCUT2D eigenvalue weighted by Gasteiger charge is 2.19. The molecule has 1 heterocycles. The third-order valence-electron chi connectivity index (χ3n) is 4.34. The Morgan fingerprint density at radius 2 is 1.89 bits per heavy atom. The van der Waals surface area contributed by atoms with Gasteiger partial charge in [0.2, 0.25) is 0 Å². The van der Waals surface area contributed by atoms with E-state index in [0.717, 1.165) is 27.8 Å². The molecule has 2 aromatic carbocycles. The normalized spacial score (nSPS) is 10.8. The molecule has 0 aliphatic carbocycles. The third kappa shape index (κ3) is 4.22. The highest BCUT2D eigenvalue weighted by atomic mass is 32.2. The van der Waals surface area contributed by atoms with Gasteiger partial charge in [0.05, 0.1) is 14.2 Å². The van der Waals surface area contributed by atoms with Crippen molar-refractivity contribution in [1.82, 2.24) is 5.32 Å². The number of fused-ring (bicyclic) bond motifs is 1. The van der Waals surface area contributed by atoms with E-state index in [4.69, 9.17) is 13.9 Å². The second kappa shape index (κ2) is 8.86. The fourth-order valence-corrected chi connectivity index (χ4v) is 3.58. The molecule has 3 aromatic rings. The molecule has 0 aliphatic rings. The molecule has 0 radical (unpaired) electrons. The number of carbonyl (C=O) groups excluding carboxylic acids is 1. The summed E-state index contributed by atoms with van der Waals surface area (Å²) in [7, 11) is 3.22. The number of hydrogen-bond donors (Lipinski definition) is 1. The van der Waals surface area contributed by atoms with Crippen molar-refractivity contribution in [3.05, 3.63) is 59.4 Å². The van der Waals surface area contributed by atoms with Gasteiger partial charge in [0.25, 0.3) is 5.91 Å². The van der Waals surface area contributed by atoms with Crippen LogP contribution in [0.25, 0.3) is 11.0 Å². The number of rotatable bonds is 8. The maximum atomic E-state index is 12.7. The Morgan fingerprint density at radius 1 is 1.11 bits per heavy atom. The summed E-state index contributed by atoms with van der Waals surface area (Å²) in [6.45, 7) is 0.504. The monoisotopic (exact) mass is 385 g/mol. The van der Waals surface area contributed by atoms with Crippen LogP contribution >= 0.6 is 11.8 Å². The number of carbonyl (C=O) groups is 1. The molecule has 142 valence electrons. The minimum absolute atomic E-state index is 0.185. The molecule has 0 fully saturated rings. The van der Waals surface area contributed by atoms with Crippen LogP contribution in [0.3, 0.4) is 0 Å². The molecule has 6 heteroatoms. The van der Waals surface area contributed by atoms with Gasteiger partial charge in [-0.15, -0.1) is 0 Å². The van der Waals surface area contributed by atoms with E-state index in [1.54, 1.807) is 26.0 Å². The third-order valence-corrected chi connectivity index (χ3v) is 4.92. The van der Waals surface area contributed by atoms with E-state index in [1.807, 2.05) is 48.7 Å². The van der Waals surface area contributed by atoms with Crippen LogP contribution in [0.5, 0.6) is 11.5 Å². The van der Waals surface area contributed by atoms with Gasteiger partial charge in [-0.25, -0.2) is 0 Å². The Hall–Kier alpha value is -2.60. The van der Waals surface area contributed by atoms with Crippen LogP contribution in [0.1, 0.15) is 21.7 Å². The maximum Gasteiger partial charge on any atom is 0.287 e. The molecule has 0 saturated carbocycles. The van der Waals surface area contributed by atoms with E-state index in [-0.39, 0.29) is 5.91 Å². The molecular weight excluding hydrogens is 362 g/mol. The second-order valence-electron chi connectivity index (χ2n) is 6.03. The van der Waals surface area contributed by atoms with Crippen molar-refractivity contribution in [2.75, 3.05) is 27.0 Å². The number of ether oxygens (including phenoxy) is 2. The number of furan rings is 1. The molecule has 1 amide bonds. The van der Waals surface area contributed by atoms with Gasteiger partial charge < -0.3 is 19.2 Å². The van der Waals surface area contributed by atoms with Gasteiger partial charge in [-0.1, -0.05) is 24.3 Å². The van der Waals surface area contributed by atoms with Crippen LogP contribution in [0.2, 0.25) is 0 Å². The van der Waals surface area contributed by atoms with Gasteiger partial charge in [-0.3, -0.25) is 4.79 Å². The summed E-state index contributed by atoms with van der Waals surface area (Å²) in [5, 5.41) is 3.96. The topological polar surface area (TPSA) is 60.7 Å². The average Bonchev–Trinajstić information content (AvgIpc) is 3.07. The molecule has 0 atom stereocenters. The molecule has 27 heavy (non-hydrogen) atoms. The Labute approximate surface area is 163 Å². The van der Waals surface area contributed by atoms with Gasteiger partial charge in [-0.05, 0) is 36.4 Å². The summed E-state index contributed by atoms with van der Waals surface area (Å²) < 4.78 is 16.4. The summed E-state index contributed by atoms with van der Waals surface area (Å²) in [4.78, 5) is 12.7. The lowest BCUT2D eigenvalue weighted by molar-refractivity contribution is 0.0927. The highest BCUT2D eigenvalue weighted by Crippen LogP contribution is 2.29. The number of para-hydroxylation sites is 1. The standard InChI is InChI=1S/C21H23NO4S/c1-24-18-9-8-14(12-19(18)25-2)10-11-22-21(23)20-16(13-27-3)15-6-4-5-7-17(15)26-20/h4-9,12H,10-11,13H2,1-3H3,(H,22,23). The molecule has 3 rings (SSSR count). The lowest BCUT2D eigenvalue weighted by Crippen LogP contribution is -2.26. The van der Waals surface area contributed by atoms with Crippen LogP contribution in [0.4, 0.5) is 0 Å². The Balaban J connectivity index is 1.69. The van der Waals surface area contributed by atoms with Crippen LogP contribution in [-0.4, -0.2) is 32.9 Å². The number of nitrogens with one attached hydrogen (secondary N) is 1. The lowest BCUT2D eigenvalue weighted by Gasteiger charge is -2.10. The van der Waals surface area contributed by atoms with Gasteiger partial charge in [-0.2, -0.15) is 11.8 Å². The largest absolute Gasteiger partial charge is 0.493 e. The zero-order valence-electron chi connectivity index (χ0n) is 15.7. The molecule has 0 aliphatic heterocycles. The summed E-state index contributed by atoms with van der Waals surface area (Å²) in [5.74, 6) is 2.32. The number of methoxy groups -OCH3 is 2. The van der Waals surface area contributed by atoms with Gasteiger partial charge in [0, 0.05) is 23.2 Å². The van der Waals surface area contributed by atoms with E-state index in [2.05, 4.69) is 5.32 Å². The number of hydrogen-bond acceptors (Lipinski definition) is 5. The number of amides is 1. The zero-order valence-corrected chi connectivity index (χ0v) is 16.5. The van der Waals surface area contributed by atoms with Crippen LogP contribution in [-0.2, 0) is 12.2 Å².